The molecule has 0 unspecified atom stereocenters. The molecule has 3 rings (SSSR count). The minimum atomic E-state index is -0.665. The number of hydrogen-bond acceptors (Lipinski definition) is 6. The zero-order valence-electron chi connectivity index (χ0n) is 17.4. The second-order valence-corrected chi connectivity index (χ2v) is 7.92. The molecule has 0 aromatic heterocycles. The standard InChI is InChI=1S/C22H23BrN2O6/c1-13-8-15(4-6-17(13)23)24-20(26)12-31-22(28)14-9-21(27)25(11-14)18-7-5-16(29-2)10-19(18)30-3/h4-8,10,14H,9,11-12H2,1-3H3,(H,24,26)/t14-/m0/s1. The van der Waals surface area contributed by atoms with Gasteiger partial charge in [-0.05, 0) is 42.8 Å². The number of esters is 1. The van der Waals surface area contributed by atoms with E-state index in [2.05, 4.69) is 21.2 Å². The lowest BCUT2D eigenvalue weighted by atomic mass is 10.1. The van der Waals surface area contributed by atoms with Crippen LogP contribution in [0.25, 0.3) is 0 Å². The van der Waals surface area contributed by atoms with E-state index in [9.17, 15) is 14.4 Å². The van der Waals surface area contributed by atoms with Crippen LogP contribution in [-0.4, -0.2) is 45.2 Å². The van der Waals surface area contributed by atoms with Crippen LogP contribution in [0, 0.1) is 12.8 Å². The van der Waals surface area contributed by atoms with Crippen molar-refractivity contribution in [2.75, 3.05) is 37.6 Å². The number of nitrogens with one attached hydrogen (secondary N) is 1. The maximum absolute atomic E-state index is 12.5. The average Bonchev–Trinajstić information content (AvgIpc) is 3.15. The molecule has 2 amide bonds. The molecule has 0 bridgehead atoms. The molecule has 0 saturated carbocycles. The van der Waals surface area contributed by atoms with Gasteiger partial charge < -0.3 is 24.4 Å². The molecule has 1 atom stereocenters. The second-order valence-electron chi connectivity index (χ2n) is 7.06. The van der Waals surface area contributed by atoms with Crippen molar-refractivity contribution in [2.45, 2.75) is 13.3 Å². The van der Waals surface area contributed by atoms with Gasteiger partial charge in [-0.15, -0.1) is 0 Å². The number of methoxy groups -OCH3 is 2. The molecule has 2 aromatic rings. The Morgan fingerprint density at radius 2 is 1.94 bits per heavy atom. The normalized spacial score (nSPS) is 15.5. The van der Waals surface area contributed by atoms with Crippen molar-refractivity contribution in [3.8, 4) is 11.5 Å². The second kappa shape index (κ2) is 9.82. The van der Waals surface area contributed by atoms with Crippen molar-refractivity contribution in [3.05, 3.63) is 46.4 Å². The fraction of sp³-hybridized carbons (Fsp3) is 0.318. The molecular weight excluding hydrogens is 468 g/mol. The number of halogens is 1. The summed E-state index contributed by atoms with van der Waals surface area (Å²) >= 11 is 3.40. The van der Waals surface area contributed by atoms with Gasteiger partial charge in [0, 0.05) is 29.2 Å². The third kappa shape index (κ3) is 5.35. The first-order chi connectivity index (χ1) is 14.8. The van der Waals surface area contributed by atoms with Crippen molar-refractivity contribution in [2.24, 2.45) is 5.92 Å². The van der Waals surface area contributed by atoms with E-state index in [1.165, 1.54) is 19.1 Å². The van der Waals surface area contributed by atoms with E-state index in [4.69, 9.17) is 14.2 Å². The highest BCUT2D eigenvalue weighted by Crippen LogP contribution is 2.36. The summed E-state index contributed by atoms with van der Waals surface area (Å²) in [4.78, 5) is 38.5. The SMILES string of the molecule is COc1ccc(N2C[C@@H](C(=O)OCC(=O)Nc3ccc(Br)c(C)c3)CC2=O)c(OC)c1. The van der Waals surface area contributed by atoms with Gasteiger partial charge in [-0.1, -0.05) is 15.9 Å². The van der Waals surface area contributed by atoms with Gasteiger partial charge in [-0.3, -0.25) is 14.4 Å². The third-order valence-electron chi connectivity index (χ3n) is 4.92. The van der Waals surface area contributed by atoms with Gasteiger partial charge in [-0.25, -0.2) is 0 Å². The molecule has 2 aromatic carbocycles. The predicted octanol–water partition coefficient (Wildman–Crippen LogP) is 3.31. The van der Waals surface area contributed by atoms with Crippen LogP contribution in [0.15, 0.2) is 40.9 Å². The molecule has 164 valence electrons. The molecule has 1 aliphatic heterocycles. The maximum atomic E-state index is 12.5. The van der Waals surface area contributed by atoms with Crippen molar-refractivity contribution in [1.82, 2.24) is 0 Å². The number of nitrogens with zero attached hydrogens (tertiary/aromatic N) is 1. The predicted molar refractivity (Wildman–Crippen MR) is 118 cm³/mol. The number of amides is 2. The Hall–Kier alpha value is -3.07. The topological polar surface area (TPSA) is 94.2 Å². The Kier molecular flexibility index (Phi) is 7.17. The Morgan fingerprint density at radius 1 is 1.16 bits per heavy atom. The summed E-state index contributed by atoms with van der Waals surface area (Å²) in [7, 11) is 3.03. The van der Waals surface area contributed by atoms with E-state index < -0.39 is 24.4 Å². The molecule has 8 nitrogen and oxygen atoms in total. The maximum Gasteiger partial charge on any atom is 0.311 e. The first kappa shape index (κ1) is 22.6. The number of benzene rings is 2. The molecule has 0 spiro atoms. The molecule has 0 radical (unpaired) electrons. The van der Waals surface area contributed by atoms with Crippen molar-refractivity contribution in [3.63, 3.8) is 0 Å². The molecule has 1 aliphatic rings. The fourth-order valence-corrected chi connectivity index (χ4v) is 3.53. The number of anilines is 2. The van der Waals surface area contributed by atoms with Gasteiger partial charge in [0.05, 0.1) is 25.8 Å². The van der Waals surface area contributed by atoms with E-state index in [-0.39, 0.29) is 18.9 Å². The van der Waals surface area contributed by atoms with Crippen LogP contribution in [0.5, 0.6) is 11.5 Å². The molecule has 31 heavy (non-hydrogen) atoms. The molecule has 1 saturated heterocycles. The minimum Gasteiger partial charge on any atom is -0.497 e. The van der Waals surface area contributed by atoms with E-state index in [1.54, 1.807) is 30.3 Å². The number of ether oxygens (including phenoxy) is 3. The minimum absolute atomic E-state index is 0.00153. The highest BCUT2D eigenvalue weighted by Gasteiger charge is 2.37. The van der Waals surface area contributed by atoms with Crippen LogP contribution in [0.3, 0.4) is 0 Å². The van der Waals surface area contributed by atoms with Crippen LogP contribution < -0.4 is 19.7 Å². The van der Waals surface area contributed by atoms with Gasteiger partial charge in [-0.2, -0.15) is 0 Å². The Labute approximate surface area is 188 Å². The number of rotatable bonds is 7. The van der Waals surface area contributed by atoms with Crippen LogP contribution in [0.2, 0.25) is 0 Å². The Bertz CT molecular complexity index is 1010. The van der Waals surface area contributed by atoms with Crippen molar-refractivity contribution < 1.29 is 28.6 Å². The first-order valence-corrected chi connectivity index (χ1v) is 10.4. The van der Waals surface area contributed by atoms with Crippen LogP contribution >= 0.6 is 15.9 Å². The van der Waals surface area contributed by atoms with Gasteiger partial charge in [0.2, 0.25) is 5.91 Å². The third-order valence-corrected chi connectivity index (χ3v) is 5.81. The van der Waals surface area contributed by atoms with Gasteiger partial charge in [0.15, 0.2) is 6.61 Å². The molecule has 0 aliphatic carbocycles. The highest BCUT2D eigenvalue weighted by atomic mass is 79.9. The quantitative estimate of drug-likeness (QED) is 0.598. The van der Waals surface area contributed by atoms with E-state index in [1.807, 2.05) is 13.0 Å². The molecule has 1 N–H and O–H groups in total. The summed E-state index contributed by atoms with van der Waals surface area (Å²) in [6.07, 6.45) is 0.00153. The monoisotopic (exact) mass is 490 g/mol. The summed E-state index contributed by atoms with van der Waals surface area (Å²) in [5, 5.41) is 2.68. The van der Waals surface area contributed by atoms with Crippen molar-refractivity contribution in [1.29, 1.82) is 0 Å². The summed E-state index contributed by atoms with van der Waals surface area (Å²) < 4.78 is 16.6. The Morgan fingerprint density at radius 3 is 2.61 bits per heavy atom. The summed E-state index contributed by atoms with van der Waals surface area (Å²) in [5.41, 5.74) is 2.12. The first-order valence-electron chi connectivity index (χ1n) is 9.57. The molecule has 1 heterocycles. The summed E-state index contributed by atoms with van der Waals surface area (Å²) in [6.45, 7) is 1.62. The van der Waals surface area contributed by atoms with Gasteiger partial charge >= 0.3 is 5.97 Å². The number of carbonyl (C=O) groups is 3. The van der Waals surface area contributed by atoms with E-state index in [0.717, 1.165) is 10.0 Å². The number of hydrogen-bond donors (Lipinski definition) is 1. The van der Waals surface area contributed by atoms with Gasteiger partial charge in [0.25, 0.3) is 5.91 Å². The van der Waals surface area contributed by atoms with Crippen LogP contribution in [0.4, 0.5) is 11.4 Å². The van der Waals surface area contributed by atoms with Crippen LogP contribution in [-0.2, 0) is 19.1 Å². The molecule has 9 heteroatoms. The lowest BCUT2D eigenvalue weighted by Gasteiger charge is -2.20. The molecule has 1 fully saturated rings. The largest absolute Gasteiger partial charge is 0.497 e. The summed E-state index contributed by atoms with van der Waals surface area (Å²) in [5.74, 6) is -0.873. The van der Waals surface area contributed by atoms with Crippen molar-refractivity contribution >= 4 is 45.1 Å². The lowest BCUT2D eigenvalue weighted by Crippen LogP contribution is -2.28. The lowest BCUT2D eigenvalue weighted by molar-refractivity contribution is -0.151. The van der Waals surface area contributed by atoms with Gasteiger partial charge in [0.1, 0.15) is 11.5 Å². The number of carbonyl (C=O) groups excluding carboxylic acids is 3. The van der Waals surface area contributed by atoms with E-state index >= 15 is 0 Å². The summed E-state index contributed by atoms with van der Waals surface area (Å²) in [6, 6.07) is 10.5. The number of aryl methyl sites for hydroxylation is 1. The molecular formula is C22H23BrN2O6. The Balaban J connectivity index is 1.58. The van der Waals surface area contributed by atoms with Crippen LogP contribution in [0.1, 0.15) is 12.0 Å². The average molecular weight is 491 g/mol. The zero-order chi connectivity index (χ0) is 22.5. The van der Waals surface area contributed by atoms with E-state index in [0.29, 0.717) is 22.9 Å². The smallest absolute Gasteiger partial charge is 0.311 e. The fourth-order valence-electron chi connectivity index (χ4n) is 3.28. The highest BCUT2D eigenvalue weighted by molar-refractivity contribution is 9.10. The zero-order valence-corrected chi connectivity index (χ0v) is 19.0.